The van der Waals surface area contributed by atoms with E-state index >= 15 is 0 Å². The van der Waals surface area contributed by atoms with E-state index in [0.29, 0.717) is 0 Å². The Morgan fingerprint density at radius 2 is 1.18 bits per heavy atom. The summed E-state index contributed by atoms with van der Waals surface area (Å²) in [5.41, 5.74) is -11.1. The van der Waals surface area contributed by atoms with Gasteiger partial charge in [-0.25, -0.2) is 4.79 Å². The van der Waals surface area contributed by atoms with E-state index in [0.717, 1.165) is 0 Å². The van der Waals surface area contributed by atoms with Crippen molar-refractivity contribution in [3.8, 4) is 0 Å². The predicted molar refractivity (Wildman–Crippen MR) is 39.8 cm³/mol. The van der Waals surface area contributed by atoms with Crippen LogP contribution in [0, 0.1) is 5.41 Å². The number of ether oxygens (including phenoxy) is 1. The van der Waals surface area contributed by atoms with Gasteiger partial charge >= 0.3 is 35.8 Å². The summed E-state index contributed by atoms with van der Waals surface area (Å²) in [4.78, 5) is 10.7. The Hall–Kier alpha value is -1.63. The van der Waals surface area contributed by atoms with Crippen LogP contribution in [0.2, 0.25) is 0 Å². The van der Waals surface area contributed by atoms with Crippen LogP contribution in [0.15, 0.2) is 11.6 Å². The third-order valence-corrected chi connectivity index (χ3v) is 2.60. The highest BCUT2D eigenvalue weighted by atomic mass is 19.4. The third kappa shape index (κ3) is 2.10. The van der Waals surface area contributed by atoms with Gasteiger partial charge < -0.3 is 4.74 Å². The van der Waals surface area contributed by atoms with Gasteiger partial charge in [-0.1, -0.05) is 0 Å². The lowest BCUT2D eigenvalue weighted by Gasteiger charge is -2.43. The lowest BCUT2D eigenvalue weighted by Crippen LogP contribution is -2.69. The normalized spacial score (nSPS) is 22.6. The molecule has 2 nitrogen and oxygen atoms in total. The summed E-state index contributed by atoms with van der Waals surface area (Å²) in [6.45, 7) is 0. The Labute approximate surface area is 111 Å². The first-order valence-corrected chi connectivity index (χ1v) is 4.63. The van der Waals surface area contributed by atoms with Crippen LogP contribution < -0.4 is 0 Å². The van der Waals surface area contributed by atoms with Crippen LogP contribution in [0.25, 0.3) is 0 Å². The molecule has 22 heavy (non-hydrogen) atoms. The Morgan fingerprint density at radius 1 is 0.818 bits per heavy atom. The second-order valence-electron chi connectivity index (χ2n) is 3.86. The second-order valence-corrected chi connectivity index (χ2v) is 3.86. The van der Waals surface area contributed by atoms with Crippen LogP contribution in [0.1, 0.15) is 0 Å². The van der Waals surface area contributed by atoms with Crippen molar-refractivity contribution < 1.29 is 62.2 Å². The number of hydrogen-bond acceptors (Lipinski definition) is 2. The lowest BCUT2D eigenvalue weighted by molar-refractivity contribution is -0.387. The van der Waals surface area contributed by atoms with E-state index in [-0.39, 0.29) is 0 Å². The minimum Gasteiger partial charge on any atom is -0.397 e. The summed E-state index contributed by atoms with van der Waals surface area (Å²) >= 11 is 0. The number of carbonyl (C=O) groups is 1. The van der Waals surface area contributed by atoms with Gasteiger partial charge in [-0.05, 0) is 0 Å². The van der Waals surface area contributed by atoms with Crippen molar-refractivity contribution in [1.29, 1.82) is 0 Å². The van der Waals surface area contributed by atoms with Gasteiger partial charge in [-0.2, -0.15) is 52.7 Å². The van der Waals surface area contributed by atoms with E-state index in [1.807, 2.05) is 0 Å². The zero-order chi connectivity index (χ0) is 17.9. The van der Waals surface area contributed by atoms with Gasteiger partial charge in [-0.3, -0.25) is 0 Å². The fourth-order valence-electron chi connectivity index (χ4n) is 1.69. The maximum atomic E-state index is 13.4. The predicted octanol–water partition coefficient (Wildman–Crippen LogP) is 4.03. The largest absolute Gasteiger partial charge is 0.424 e. The summed E-state index contributed by atoms with van der Waals surface area (Å²) < 4.78 is 154. The molecule has 14 heteroatoms. The van der Waals surface area contributed by atoms with Crippen LogP contribution >= 0.6 is 0 Å². The van der Waals surface area contributed by atoms with Gasteiger partial charge in [0.05, 0.1) is 0 Å². The van der Waals surface area contributed by atoms with Crippen LogP contribution in [-0.4, -0.2) is 30.4 Å². The minimum absolute atomic E-state index is 2.56. The molecule has 1 heterocycles. The number of carbonyl (C=O) groups excluding carboxylic acids is 1. The molecule has 0 spiro atoms. The summed E-state index contributed by atoms with van der Waals surface area (Å²) in [6, 6.07) is -3.59. The fraction of sp³-hybridized carbons (Fsp3) is 0.625. The SMILES string of the molecule is O=C1OC(F)=C(C(F)(F)F)C(F)(F)C1(C(F)(F)F)C(F)(F)F. The van der Waals surface area contributed by atoms with Crippen LogP contribution in [0.4, 0.5) is 52.7 Å². The van der Waals surface area contributed by atoms with E-state index in [2.05, 4.69) is 4.74 Å². The molecule has 0 saturated carbocycles. The van der Waals surface area contributed by atoms with Crippen molar-refractivity contribution in [1.82, 2.24) is 0 Å². The Kier molecular flexibility index (Phi) is 3.72. The van der Waals surface area contributed by atoms with Gasteiger partial charge in [0, 0.05) is 0 Å². The van der Waals surface area contributed by atoms with Crippen LogP contribution in [-0.2, 0) is 9.53 Å². The van der Waals surface area contributed by atoms with E-state index in [4.69, 9.17) is 0 Å². The average molecular weight is 356 g/mol. The van der Waals surface area contributed by atoms with Crippen molar-refractivity contribution in [3.63, 3.8) is 0 Å². The Bertz CT molecular complexity index is 505. The molecule has 0 aromatic carbocycles. The fourth-order valence-corrected chi connectivity index (χ4v) is 1.69. The van der Waals surface area contributed by atoms with Crippen molar-refractivity contribution in [2.24, 2.45) is 5.41 Å². The maximum absolute atomic E-state index is 13.4. The molecule has 0 bridgehead atoms. The number of allylic oxidation sites excluding steroid dienone is 1. The van der Waals surface area contributed by atoms with E-state index in [9.17, 15) is 57.5 Å². The summed E-state index contributed by atoms with van der Waals surface area (Å²) in [5.74, 6) is -11.0. The quantitative estimate of drug-likeness (QED) is 0.484. The van der Waals surface area contributed by atoms with Gasteiger partial charge in [0.25, 0.3) is 6.01 Å². The first-order chi connectivity index (χ1) is 9.42. The number of esters is 1. The standard InChI is InChI=1S/C8F12O2/c9-2-1(6(12,13)14)5(10,11)4(3(21)22-2,7(15,16)17)8(18,19)20. The molecule has 0 aliphatic carbocycles. The summed E-state index contributed by atoms with van der Waals surface area (Å²) in [5, 5.41) is 0. The Morgan fingerprint density at radius 3 is 1.45 bits per heavy atom. The molecule has 0 N–H and O–H groups in total. The molecular formula is C8F12O2. The third-order valence-electron chi connectivity index (χ3n) is 2.60. The minimum atomic E-state index is -7.26. The van der Waals surface area contributed by atoms with Crippen LogP contribution in [0.5, 0.6) is 0 Å². The molecule has 0 aromatic rings. The monoisotopic (exact) mass is 356 g/mol. The summed E-state index contributed by atoms with van der Waals surface area (Å²) in [6.07, 6.45) is -21.2. The number of halogens is 12. The number of alkyl halides is 11. The molecular weight excluding hydrogens is 356 g/mol. The molecule has 1 aliphatic rings. The average Bonchev–Trinajstić information content (AvgIpc) is 2.05. The second kappa shape index (κ2) is 4.44. The Balaban J connectivity index is 3.93. The molecule has 0 fully saturated rings. The van der Waals surface area contributed by atoms with E-state index < -0.39 is 47.4 Å². The topological polar surface area (TPSA) is 26.3 Å². The van der Waals surface area contributed by atoms with Crippen molar-refractivity contribution in [3.05, 3.63) is 11.6 Å². The lowest BCUT2D eigenvalue weighted by atomic mass is 9.74. The number of rotatable bonds is 0. The highest BCUT2D eigenvalue weighted by Crippen LogP contribution is 2.65. The zero-order valence-electron chi connectivity index (χ0n) is 9.35. The number of hydrogen-bond donors (Lipinski definition) is 0. The smallest absolute Gasteiger partial charge is 0.397 e. The highest BCUT2D eigenvalue weighted by Gasteiger charge is 2.91. The van der Waals surface area contributed by atoms with Crippen molar-refractivity contribution >= 4 is 5.97 Å². The molecule has 0 radical (unpaired) electrons. The molecule has 0 aromatic heterocycles. The molecule has 0 amide bonds. The molecule has 0 saturated heterocycles. The first-order valence-electron chi connectivity index (χ1n) is 4.63. The number of cyclic esters (lactones) is 1. The maximum Gasteiger partial charge on any atom is 0.424 e. The van der Waals surface area contributed by atoms with Crippen molar-refractivity contribution in [2.75, 3.05) is 0 Å². The van der Waals surface area contributed by atoms with E-state index in [1.54, 1.807) is 0 Å². The molecule has 0 unspecified atom stereocenters. The van der Waals surface area contributed by atoms with Gasteiger partial charge in [-0.15, -0.1) is 0 Å². The van der Waals surface area contributed by atoms with Gasteiger partial charge in [0.15, 0.2) is 5.57 Å². The molecule has 128 valence electrons. The van der Waals surface area contributed by atoms with Crippen molar-refractivity contribution in [2.45, 2.75) is 24.5 Å². The van der Waals surface area contributed by atoms with E-state index in [1.165, 1.54) is 0 Å². The molecule has 1 rings (SSSR count). The zero-order valence-corrected chi connectivity index (χ0v) is 9.35. The first kappa shape index (κ1) is 18.4. The molecule has 0 atom stereocenters. The highest BCUT2D eigenvalue weighted by molar-refractivity contribution is 5.83. The van der Waals surface area contributed by atoms with Gasteiger partial charge in [0.1, 0.15) is 0 Å². The molecule has 1 aliphatic heterocycles. The van der Waals surface area contributed by atoms with Crippen LogP contribution in [0.3, 0.4) is 0 Å². The van der Waals surface area contributed by atoms with Gasteiger partial charge in [0.2, 0.25) is 0 Å². The summed E-state index contributed by atoms with van der Waals surface area (Å²) in [7, 11) is 0.